The third kappa shape index (κ3) is 2.83. The molecule has 0 amide bonds. The van der Waals surface area contributed by atoms with Crippen molar-refractivity contribution in [2.24, 2.45) is 11.7 Å². The second kappa shape index (κ2) is 5.46. The number of likely N-dealkylation sites (tertiary alicyclic amines) is 1. The second-order valence-corrected chi connectivity index (χ2v) is 4.96. The molecule has 88 valence electrons. The smallest absolute Gasteiger partial charge is 0.0237 e. The fourth-order valence-corrected chi connectivity index (χ4v) is 2.58. The number of benzene rings is 1. The van der Waals surface area contributed by atoms with Gasteiger partial charge >= 0.3 is 0 Å². The van der Waals surface area contributed by atoms with Crippen LogP contribution in [0.4, 0.5) is 0 Å². The van der Waals surface area contributed by atoms with Crippen LogP contribution in [-0.2, 0) is 13.1 Å². The highest BCUT2D eigenvalue weighted by Gasteiger charge is 2.16. The molecule has 2 nitrogen and oxygen atoms in total. The Labute approximate surface area is 98.4 Å². The number of nitrogens with zero attached hydrogens (tertiary/aromatic N) is 1. The Morgan fingerprint density at radius 1 is 1.31 bits per heavy atom. The van der Waals surface area contributed by atoms with Crippen molar-refractivity contribution in [3.05, 3.63) is 35.4 Å². The maximum absolute atomic E-state index is 5.76. The van der Waals surface area contributed by atoms with E-state index in [0.29, 0.717) is 6.54 Å². The maximum Gasteiger partial charge on any atom is 0.0237 e. The van der Waals surface area contributed by atoms with Gasteiger partial charge in [0, 0.05) is 19.6 Å². The molecule has 0 aromatic heterocycles. The van der Waals surface area contributed by atoms with E-state index in [1.807, 2.05) is 0 Å². The van der Waals surface area contributed by atoms with Gasteiger partial charge in [0.15, 0.2) is 0 Å². The number of piperidine rings is 1. The van der Waals surface area contributed by atoms with Crippen LogP contribution in [0.5, 0.6) is 0 Å². The first-order valence-corrected chi connectivity index (χ1v) is 6.29. The first kappa shape index (κ1) is 11.6. The first-order chi connectivity index (χ1) is 7.79. The Balaban J connectivity index is 2.02. The summed E-state index contributed by atoms with van der Waals surface area (Å²) < 4.78 is 0. The largest absolute Gasteiger partial charge is 0.326 e. The van der Waals surface area contributed by atoms with E-state index in [1.54, 1.807) is 0 Å². The van der Waals surface area contributed by atoms with Crippen LogP contribution in [-0.4, -0.2) is 18.0 Å². The molecule has 1 fully saturated rings. The lowest BCUT2D eigenvalue weighted by Crippen LogP contribution is -2.34. The van der Waals surface area contributed by atoms with E-state index in [-0.39, 0.29) is 0 Å². The molecule has 16 heavy (non-hydrogen) atoms. The summed E-state index contributed by atoms with van der Waals surface area (Å²) in [5, 5.41) is 0. The van der Waals surface area contributed by atoms with Crippen LogP contribution in [0.1, 0.15) is 30.9 Å². The van der Waals surface area contributed by atoms with Crippen molar-refractivity contribution in [3.8, 4) is 0 Å². The number of hydrogen-bond acceptors (Lipinski definition) is 2. The summed E-state index contributed by atoms with van der Waals surface area (Å²) in [6.45, 7) is 6.54. The zero-order chi connectivity index (χ0) is 11.4. The van der Waals surface area contributed by atoms with Crippen LogP contribution in [0.2, 0.25) is 0 Å². The van der Waals surface area contributed by atoms with Crippen LogP contribution < -0.4 is 5.73 Å². The predicted molar refractivity (Wildman–Crippen MR) is 68.0 cm³/mol. The Kier molecular flexibility index (Phi) is 3.97. The molecule has 0 aliphatic carbocycles. The van der Waals surface area contributed by atoms with Gasteiger partial charge in [-0.3, -0.25) is 4.90 Å². The standard InChI is InChI=1S/C14H22N2/c1-12-5-4-8-16(10-12)11-14-7-3-2-6-13(14)9-15/h2-3,6-7,12H,4-5,8-11,15H2,1H3/t12-/m1/s1. The normalized spacial score (nSPS) is 22.2. The van der Waals surface area contributed by atoms with E-state index in [9.17, 15) is 0 Å². The molecule has 0 unspecified atom stereocenters. The second-order valence-electron chi connectivity index (χ2n) is 4.96. The summed E-state index contributed by atoms with van der Waals surface area (Å²) in [6, 6.07) is 8.54. The summed E-state index contributed by atoms with van der Waals surface area (Å²) in [7, 11) is 0. The molecule has 1 aliphatic rings. The zero-order valence-corrected chi connectivity index (χ0v) is 10.2. The highest BCUT2D eigenvalue weighted by molar-refractivity contribution is 5.26. The molecule has 0 radical (unpaired) electrons. The van der Waals surface area contributed by atoms with Crippen molar-refractivity contribution in [2.75, 3.05) is 13.1 Å². The summed E-state index contributed by atoms with van der Waals surface area (Å²) in [4.78, 5) is 2.56. The van der Waals surface area contributed by atoms with Gasteiger partial charge in [0.25, 0.3) is 0 Å². The SMILES string of the molecule is C[C@@H]1CCCN(Cc2ccccc2CN)C1. The minimum absolute atomic E-state index is 0.652. The third-order valence-electron chi connectivity index (χ3n) is 3.47. The van der Waals surface area contributed by atoms with E-state index in [4.69, 9.17) is 5.73 Å². The number of nitrogens with two attached hydrogens (primary N) is 1. The average molecular weight is 218 g/mol. The van der Waals surface area contributed by atoms with Crippen LogP contribution in [0, 0.1) is 5.92 Å². The van der Waals surface area contributed by atoms with Crippen LogP contribution in [0.25, 0.3) is 0 Å². The Bertz CT molecular complexity index is 335. The summed E-state index contributed by atoms with van der Waals surface area (Å²) in [5.74, 6) is 0.846. The van der Waals surface area contributed by atoms with E-state index in [2.05, 4.69) is 36.1 Å². The molecule has 1 atom stereocenters. The van der Waals surface area contributed by atoms with E-state index < -0.39 is 0 Å². The fraction of sp³-hybridized carbons (Fsp3) is 0.571. The van der Waals surface area contributed by atoms with Gasteiger partial charge in [0.1, 0.15) is 0 Å². The minimum Gasteiger partial charge on any atom is -0.326 e. The highest BCUT2D eigenvalue weighted by Crippen LogP contribution is 2.19. The topological polar surface area (TPSA) is 29.3 Å². The highest BCUT2D eigenvalue weighted by atomic mass is 15.1. The van der Waals surface area contributed by atoms with E-state index >= 15 is 0 Å². The van der Waals surface area contributed by atoms with Gasteiger partial charge in [-0.05, 0) is 36.4 Å². The zero-order valence-electron chi connectivity index (χ0n) is 10.2. The lowest BCUT2D eigenvalue weighted by molar-refractivity contribution is 0.176. The van der Waals surface area contributed by atoms with Crippen molar-refractivity contribution in [2.45, 2.75) is 32.9 Å². The molecule has 2 rings (SSSR count). The van der Waals surface area contributed by atoms with Gasteiger partial charge < -0.3 is 5.73 Å². The van der Waals surface area contributed by atoms with Crippen LogP contribution >= 0.6 is 0 Å². The third-order valence-corrected chi connectivity index (χ3v) is 3.47. The van der Waals surface area contributed by atoms with Crippen molar-refractivity contribution in [1.29, 1.82) is 0 Å². The van der Waals surface area contributed by atoms with E-state index in [1.165, 1.54) is 37.1 Å². The molecule has 0 bridgehead atoms. The quantitative estimate of drug-likeness (QED) is 0.844. The van der Waals surface area contributed by atoms with Crippen molar-refractivity contribution < 1.29 is 0 Å². The number of rotatable bonds is 3. The monoisotopic (exact) mass is 218 g/mol. The van der Waals surface area contributed by atoms with Crippen molar-refractivity contribution in [3.63, 3.8) is 0 Å². The molecule has 2 N–H and O–H groups in total. The predicted octanol–water partition coefficient (Wildman–Crippen LogP) is 2.38. The van der Waals surface area contributed by atoms with Crippen molar-refractivity contribution >= 4 is 0 Å². The van der Waals surface area contributed by atoms with E-state index in [0.717, 1.165) is 12.5 Å². The Morgan fingerprint density at radius 3 is 2.75 bits per heavy atom. The molecule has 1 aromatic carbocycles. The molecule has 1 heterocycles. The summed E-state index contributed by atoms with van der Waals surface area (Å²) in [6.07, 6.45) is 2.72. The molecule has 1 aromatic rings. The van der Waals surface area contributed by atoms with Crippen LogP contribution in [0.3, 0.4) is 0 Å². The Hall–Kier alpha value is -0.860. The van der Waals surface area contributed by atoms with Gasteiger partial charge in [-0.15, -0.1) is 0 Å². The Morgan fingerprint density at radius 2 is 2.06 bits per heavy atom. The van der Waals surface area contributed by atoms with Crippen LogP contribution in [0.15, 0.2) is 24.3 Å². The molecule has 0 spiro atoms. The van der Waals surface area contributed by atoms with Gasteiger partial charge in [0.2, 0.25) is 0 Å². The lowest BCUT2D eigenvalue weighted by atomic mass is 9.99. The molecular weight excluding hydrogens is 196 g/mol. The molecule has 1 saturated heterocycles. The van der Waals surface area contributed by atoms with Crippen molar-refractivity contribution in [1.82, 2.24) is 4.90 Å². The van der Waals surface area contributed by atoms with Gasteiger partial charge in [-0.1, -0.05) is 31.2 Å². The van der Waals surface area contributed by atoms with Gasteiger partial charge in [0.05, 0.1) is 0 Å². The number of hydrogen-bond donors (Lipinski definition) is 1. The van der Waals surface area contributed by atoms with Gasteiger partial charge in [-0.2, -0.15) is 0 Å². The minimum atomic E-state index is 0.652. The summed E-state index contributed by atoms with van der Waals surface area (Å²) in [5.41, 5.74) is 8.46. The molecular formula is C14H22N2. The molecule has 1 aliphatic heterocycles. The molecule has 0 saturated carbocycles. The molecule has 2 heteroatoms. The first-order valence-electron chi connectivity index (χ1n) is 6.29. The average Bonchev–Trinajstić information content (AvgIpc) is 2.30. The maximum atomic E-state index is 5.76. The lowest BCUT2D eigenvalue weighted by Gasteiger charge is -2.31. The fourth-order valence-electron chi connectivity index (χ4n) is 2.58. The summed E-state index contributed by atoms with van der Waals surface area (Å²) >= 11 is 0. The van der Waals surface area contributed by atoms with Gasteiger partial charge in [-0.25, -0.2) is 0 Å².